The first-order valence-corrected chi connectivity index (χ1v) is 11.5. The minimum Gasteiger partial charge on any atom is -0.486 e. The topological polar surface area (TPSA) is 80.3 Å². The number of rotatable bonds is 8. The lowest BCUT2D eigenvalue weighted by Gasteiger charge is -2.32. The molecule has 2 atom stereocenters. The van der Waals surface area contributed by atoms with Crippen LogP contribution in [0.15, 0.2) is 29.6 Å². The Labute approximate surface area is 182 Å². The highest BCUT2D eigenvalue weighted by Gasteiger charge is 2.28. The van der Waals surface area contributed by atoms with Gasteiger partial charge in [0.1, 0.15) is 23.1 Å². The van der Waals surface area contributed by atoms with E-state index in [4.69, 9.17) is 4.74 Å². The summed E-state index contributed by atoms with van der Waals surface area (Å²) in [6.07, 6.45) is 4.38. The van der Waals surface area contributed by atoms with Crippen molar-refractivity contribution in [2.45, 2.75) is 71.6 Å². The number of aryl methyl sites for hydroxylation is 1. The number of nitrogens with one attached hydrogen (secondary N) is 2. The molecule has 1 aliphatic rings. The van der Waals surface area contributed by atoms with E-state index in [-0.39, 0.29) is 23.9 Å². The molecule has 1 aromatic carbocycles. The molecule has 0 aliphatic heterocycles. The molecule has 0 saturated heterocycles. The molecule has 1 heterocycles. The molecular formula is C23H31N3O3S. The lowest BCUT2D eigenvalue weighted by Crippen LogP contribution is -2.53. The second kappa shape index (κ2) is 10.6. The lowest BCUT2D eigenvalue weighted by molar-refractivity contribution is -0.122. The van der Waals surface area contributed by atoms with Crippen molar-refractivity contribution in [1.82, 2.24) is 15.6 Å². The summed E-state index contributed by atoms with van der Waals surface area (Å²) in [5, 5.41) is 8.72. The van der Waals surface area contributed by atoms with Crippen molar-refractivity contribution in [2.24, 2.45) is 5.92 Å². The predicted molar refractivity (Wildman–Crippen MR) is 119 cm³/mol. The molecule has 30 heavy (non-hydrogen) atoms. The van der Waals surface area contributed by atoms with Crippen molar-refractivity contribution in [2.75, 3.05) is 0 Å². The van der Waals surface area contributed by atoms with Crippen molar-refractivity contribution in [3.05, 3.63) is 45.9 Å². The zero-order valence-corrected chi connectivity index (χ0v) is 18.8. The van der Waals surface area contributed by atoms with Gasteiger partial charge in [0.2, 0.25) is 5.91 Å². The second-order valence-electron chi connectivity index (χ2n) is 8.36. The molecule has 1 fully saturated rings. The van der Waals surface area contributed by atoms with E-state index >= 15 is 0 Å². The summed E-state index contributed by atoms with van der Waals surface area (Å²) in [6, 6.07) is 7.77. The van der Waals surface area contributed by atoms with Crippen LogP contribution in [0.5, 0.6) is 5.75 Å². The Hall–Kier alpha value is -2.41. The van der Waals surface area contributed by atoms with Gasteiger partial charge >= 0.3 is 0 Å². The Morgan fingerprint density at radius 1 is 1.13 bits per heavy atom. The number of amides is 2. The number of carbonyl (C=O) groups excluding carboxylic acids is 2. The van der Waals surface area contributed by atoms with E-state index in [2.05, 4.69) is 15.6 Å². The fourth-order valence-corrected chi connectivity index (χ4v) is 4.30. The average Bonchev–Trinajstić information content (AvgIpc) is 3.18. The SMILES string of the molecule is Cc1ccc(OCc2nc(C(=O)N[C@@H]3CCCC[C@@H]3NC(=O)CC(C)C)cs2)cc1. The van der Waals surface area contributed by atoms with E-state index in [0.29, 0.717) is 24.6 Å². The maximum atomic E-state index is 12.7. The molecule has 1 aromatic heterocycles. The molecule has 0 bridgehead atoms. The van der Waals surface area contributed by atoms with Gasteiger partial charge in [0, 0.05) is 23.9 Å². The van der Waals surface area contributed by atoms with Crippen molar-refractivity contribution in [1.29, 1.82) is 0 Å². The quantitative estimate of drug-likeness (QED) is 0.658. The van der Waals surface area contributed by atoms with E-state index in [1.54, 1.807) is 5.38 Å². The van der Waals surface area contributed by atoms with Crippen LogP contribution in [-0.2, 0) is 11.4 Å². The number of thiazole rings is 1. The van der Waals surface area contributed by atoms with Gasteiger partial charge in [-0.25, -0.2) is 4.98 Å². The number of nitrogens with zero attached hydrogens (tertiary/aromatic N) is 1. The molecule has 2 aromatic rings. The third kappa shape index (κ3) is 6.55. The van der Waals surface area contributed by atoms with Crippen LogP contribution in [0.4, 0.5) is 0 Å². The van der Waals surface area contributed by atoms with Gasteiger partial charge in [-0.15, -0.1) is 11.3 Å². The van der Waals surface area contributed by atoms with E-state index < -0.39 is 0 Å². The Morgan fingerprint density at radius 3 is 2.47 bits per heavy atom. The van der Waals surface area contributed by atoms with Gasteiger partial charge in [-0.1, -0.05) is 44.4 Å². The van der Waals surface area contributed by atoms with Gasteiger partial charge in [-0.2, -0.15) is 0 Å². The Kier molecular flexibility index (Phi) is 7.85. The van der Waals surface area contributed by atoms with Gasteiger partial charge in [0.05, 0.1) is 0 Å². The molecule has 7 heteroatoms. The molecule has 0 spiro atoms. The number of carbonyl (C=O) groups is 2. The maximum Gasteiger partial charge on any atom is 0.271 e. The monoisotopic (exact) mass is 429 g/mol. The third-order valence-electron chi connectivity index (χ3n) is 5.19. The van der Waals surface area contributed by atoms with Crippen molar-refractivity contribution >= 4 is 23.2 Å². The lowest BCUT2D eigenvalue weighted by atomic mass is 9.90. The molecule has 0 radical (unpaired) electrons. The second-order valence-corrected chi connectivity index (χ2v) is 9.31. The molecule has 2 N–H and O–H groups in total. The minimum absolute atomic E-state index is 0.0167. The summed E-state index contributed by atoms with van der Waals surface area (Å²) < 4.78 is 5.75. The number of hydrogen-bond donors (Lipinski definition) is 2. The Bertz CT molecular complexity index is 848. The van der Waals surface area contributed by atoms with Crippen LogP contribution in [0.25, 0.3) is 0 Å². The maximum absolute atomic E-state index is 12.7. The fraction of sp³-hybridized carbons (Fsp3) is 0.522. The van der Waals surface area contributed by atoms with Crippen LogP contribution < -0.4 is 15.4 Å². The Balaban J connectivity index is 1.54. The van der Waals surface area contributed by atoms with Crippen molar-refractivity contribution < 1.29 is 14.3 Å². The molecule has 1 aliphatic carbocycles. The summed E-state index contributed by atoms with van der Waals surface area (Å²) in [5.74, 6) is 0.962. The Morgan fingerprint density at radius 2 is 1.80 bits per heavy atom. The summed E-state index contributed by atoms with van der Waals surface area (Å²) in [6.45, 7) is 6.42. The number of aromatic nitrogens is 1. The van der Waals surface area contributed by atoms with E-state index in [1.165, 1.54) is 16.9 Å². The number of ether oxygens (including phenoxy) is 1. The molecule has 0 unspecified atom stereocenters. The molecule has 3 rings (SSSR count). The normalized spacial score (nSPS) is 18.8. The van der Waals surface area contributed by atoms with E-state index in [9.17, 15) is 9.59 Å². The van der Waals surface area contributed by atoms with Crippen LogP contribution in [0.1, 0.15) is 67.0 Å². The highest BCUT2D eigenvalue weighted by Crippen LogP contribution is 2.21. The summed E-state index contributed by atoms with van der Waals surface area (Å²) in [7, 11) is 0. The summed E-state index contributed by atoms with van der Waals surface area (Å²) >= 11 is 1.41. The summed E-state index contributed by atoms with van der Waals surface area (Å²) in [5.41, 5.74) is 1.58. The highest BCUT2D eigenvalue weighted by atomic mass is 32.1. The average molecular weight is 430 g/mol. The third-order valence-corrected chi connectivity index (χ3v) is 6.01. The van der Waals surface area contributed by atoms with Crippen LogP contribution in [0.2, 0.25) is 0 Å². The minimum atomic E-state index is -0.192. The molecular weight excluding hydrogens is 398 g/mol. The number of hydrogen-bond acceptors (Lipinski definition) is 5. The van der Waals surface area contributed by atoms with Crippen molar-refractivity contribution in [3.8, 4) is 5.75 Å². The molecule has 2 amide bonds. The van der Waals surface area contributed by atoms with E-state index in [0.717, 1.165) is 36.4 Å². The first kappa shape index (κ1) is 22.3. The number of benzene rings is 1. The van der Waals surface area contributed by atoms with Crippen molar-refractivity contribution in [3.63, 3.8) is 0 Å². The van der Waals surface area contributed by atoms with Gasteiger partial charge in [0.15, 0.2) is 0 Å². The first-order valence-electron chi connectivity index (χ1n) is 10.6. The van der Waals surface area contributed by atoms with Gasteiger partial charge < -0.3 is 15.4 Å². The standard InChI is InChI=1S/C23H31N3O3S/c1-15(2)12-21(27)24-18-6-4-5-7-19(18)26-23(28)20-14-30-22(25-20)13-29-17-10-8-16(3)9-11-17/h8-11,14-15,18-19H,4-7,12-13H2,1-3H3,(H,24,27)(H,26,28)/t18-,19+/m0/s1. The van der Waals surface area contributed by atoms with Crippen LogP contribution in [-0.4, -0.2) is 28.9 Å². The van der Waals surface area contributed by atoms with Crippen LogP contribution >= 0.6 is 11.3 Å². The van der Waals surface area contributed by atoms with Gasteiger partial charge in [-0.3, -0.25) is 9.59 Å². The first-order chi connectivity index (χ1) is 14.4. The highest BCUT2D eigenvalue weighted by molar-refractivity contribution is 7.09. The van der Waals surface area contributed by atoms with Gasteiger partial charge in [0.25, 0.3) is 5.91 Å². The largest absolute Gasteiger partial charge is 0.486 e. The van der Waals surface area contributed by atoms with Crippen LogP contribution in [0, 0.1) is 12.8 Å². The van der Waals surface area contributed by atoms with E-state index in [1.807, 2.05) is 45.0 Å². The molecule has 6 nitrogen and oxygen atoms in total. The zero-order valence-electron chi connectivity index (χ0n) is 17.9. The van der Waals surface area contributed by atoms with Gasteiger partial charge in [-0.05, 0) is 37.8 Å². The fourth-order valence-electron chi connectivity index (χ4n) is 3.62. The smallest absolute Gasteiger partial charge is 0.271 e. The van der Waals surface area contributed by atoms with Crippen LogP contribution in [0.3, 0.4) is 0 Å². The molecule has 162 valence electrons. The molecule has 1 saturated carbocycles. The zero-order chi connectivity index (χ0) is 21.5. The summed E-state index contributed by atoms with van der Waals surface area (Å²) in [4.78, 5) is 29.3. The predicted octanol–water partition coefficient (Wildman–Crippen LogP) is 4.23.